The molecule has 0 heterocycles. The van der Waals surface area contributed by atoms with Gasteiger partial charge in [-0.05, 0) is 36.4 Å². The summed E-state index contributed by atoms with van der Waals surface area (Å²) < 4.78 is 0. The zero-order chi connectivity index (χ0) is 21.1. The van der Waals surface area contributed by atoms with Crippen LogP contribution in [0.5, 0.6) is 11.5 Å². The first-order valence-electron chi connectivity index (χ1n) is 8.45. The number of benzene rings is 3. The minimum Gasteiger partial charge on any atom is -0.506 e. The van der Waals surface area contributed by atoms with Crippen LogP contribution in [0.15, 0.2) is 53.5 Å². The predicted octanol–water partition coefficient (Wildman–Crippen LogP) is 7.10. The molecule has 0 saturated heterocycles. The monoisotopic (exact) mass is 468 g/mol. The topological polar surface area (TPSA) is 56.1 Å². The number of aromatic hydroxyl groups is 2. The van der Waals surface area contributed by atoms with Crippen molar-refractivity contribution in [3.05, 3.63) is 79.7 Å². The molecular formula is C21H16Cl4N2O2. The molecule has 0 spiro atoms. The van der Waals surface area contributed by atoms with Crippen molar-refractivity contribution in [3.63, 3.8) is 0 Å². The Hall–Kier alpha value is -2.11. The van der Waals surface area contributed by atoms with Gasteiger partial charge in [-0.15, -0.1) is 0 Å². The highest BCUT2D eigenvalue weighted by molar-refractivity contribution is 6.36. The number of phenolic OH excluding ortho intramolecular Hbond substituents is 2. The van der Waals surface area contributed by atoms with Gasteiger partial charge in [-0.3, -0.25) is 4.99 Å². The van der Waals surface area contributed by atoms with Crippen LogP contribution in [0.25, 0.3) is 0 Å². The Labute approximate surface area is 188 Å². The standard InChI is InChI=1S/C21H16Cl4N2O2/c1-27(11-13-7-15(23)9-17(25)21(13)29)19-5-3-2-4-18(19)26-10-12-6-14(22)8-16(24)20(12)28/h2-10,28-29H,11H2,1H3/b26-10+. The van der Waals surface area contributed by atoms with Crippen LogP contribution >= 0.6 is 46.4 Å². The zero-order valence-corrected chi connectivity index (χ0v) is 18.2. The average molecular weight is 470 g/mol. The van der Waals surface area contributed by atoms with E-state index in [1.54, 1.807) is 12.1 Å². The Morgan fingerprint density at radius 1 is 0.897 bits per heavy atom. The van der Waals surface area contributed by atoms with E-state index in [0.29, 0.717) is 33.4 Å². The van der Waals surface area contributed by atoms with E-state index < -0.39 is 0 Å². The maximum Gasteiger partial charge on any atom is 0.143 e. The number of aliphatic imine (C=N–C) groups is 1. The second-order valence-corrected chi connectivity index (χ2v) is 8.01. The lowest BCUT2D eigenvalue weighted by molar-refractivity contribution is 0.468. The van der Waals surface area contributed by atoms with Crippen LogP contribution in [0.4, 0.5) is 11.4 Å². The zero-order valence-electron chi connectivity index (χ0n) is 15.2. The normalized spacial score (nSPS) is 11.2. The van der Waals surface area contributed by atoms with E-state index in [2.05, 4.69) is 4.99 Å². The quantitative estimate of drug-likeness (QED) is 0.392. The van der Waals surface area contributed by atoms with Crippen molar-refractivity contribution in [3.8, 4) is 11.5 Å². The van der Waals surface area contributed by atoms with Gasteiger partial charge < -0.3 is 15.1 Å². The summed E-state index contributed by atoms with van der Waals surface area (Å²) in [7, 11) is 1.86. The van der Waals surface area contributed by atoms with Gasteiger partial charge in [0.1, 0.15) is 11.5 Å². The number of phenols is 2. The largest absolute Gasteiger partial charge is 0.506 e. The molecule has 3 aromatic carbocycles. The summed E-state index contributed by atoms with van der Waals surface area (Å²) in [6.45, 7) is 0.354. The summed E-state index contributed by atoms with van der Waals surface area (Å²) in [5.74, 6) is -0.105. The van der Waals surface area contributed by atoms with Crippen LogP contribution in [0, 0.1) is 0 Å². The fourth-order valence-corrected chi connectivity index (χ4v) is 3.84. The molecule has 3 rings (SSSR count). The van der Waals surface area contributed by atoms with Crippen LogP contribution in [0.3, 0.4) is 0 Å². The van der Waals surface area contributed by atoms with Crippen molar-refractivity contribution >= 4 is 64.0 Å². The smallest absolute Gasteiger partial charge is 0.143 e. The first-order chi connectivity index (χ1) is 13.8. The van der Waals surface area contributed by atoms with Crippen molar-refractivity contribution in [2.45, 2.75) is 6.54 Å². The van der Waals surface area contributed by atoms with E-state index in [0.717, 1.165) is 5.69 Å². The Balaban J connectivity index is 1.91. The van der Waals surface area contributed by atoms with Gasteiger partial charge in [0.25, 0.3) is 0 Å². The second-order valence-electron chi connectivity index (χ2n) is 6.32. The lowest BCUT2D eigenvalue weighted by atomic mass is 10.1. The molecule has 0 aliphatic rings. The van der Waals surface area contributed by atoms with E-state index in [1.165, 1.54) is 18.3 Å². The summed E-state index contributed by atoms with van der Waals surface area (Å²) in [5, 5.41) is 21.5. The molecule has 4 nitrogen and oxygen atoms in total. The third-order valence-corrected chi connectivity index (χ3v) is 5.22. The maximum atomic E-state index is 10.2. The molecule has 0 fully saturated rings. The molecule has 0 saturated carbocycles. The molecule has 0 aromatic heterocycles. The van der Waals surface area contributed by atoms with E-state index >= 15 is 0 Å². The van der Waals surface area contributed by atoms with Crippen molar-refractivity contribution in [1.82, 2.24) is 0 Å². The van der Waals surface area contributed by atoms with E-state index in [4.69, 9.17) is 46.4 Å². The number of hydrogen-bond donors (Lipinski definition) is 2. The maximum absolute atomic E-state index is 10.2. The molecule has 8 heteroatoms. The number of nitrogens with zero attached hydrogens (tertiary/aromatic N) is 2. The molecule has 0 amide bonds. The van der Waals surface area contributed by atoms with Gasteiger partial charge in [-0.2, -0.15) is 0 Å². The molecule has 2 N–H and O–H groups in total. The van der Waals surface area contributed by atoms with Crippen LogP contribution in [0.1, 0.15) is 11.1 Å². The molecule has 0 atom stereocenters. The Bertz CT molecular complexity index is 1090. The highest BCUT2D eigenvalue weighted by Gasteiger charge is 2.13. The minimum absolute atomic E-state index is 0.0117. The molecule has 0 unspecified atom stereocenters. The molecule has 3 aromatic rings. The third-order valence-electron chi connectivity index (χ3n) is 4.21. The SMILES string of the molecule is CN(Cc1cc(Cl)cc(Cl)c1O)c1ccccc1/N=C/c1cc(Cl)cc(Cl)c1O. The highest BCUT2D eigenvalue weighted by atomic mass is 35.5. The Morgan fingerprint density at radius 3 is 2.24 bits per heavy atom. The van der Waals surface area contributed by atoms with Gasteiger partial charge in [0.15, 0.2) is 0 Å². The van der Waals surface area contributed by atoms with E-state index in [9.17, 15) is 10.2 Å². The van der Waals surface area contributed by atoms with Crippen molar-refractivity contribution in [1.29, 1.82) is 0 Å². The molecule has 0 bridgehead atoms. The van der Waals surface area contributed by atoms with Crippen LogP contribution in [-0.2, 0) is 6.54 Å². The Kier molecular flexibility index (Phi) is 6.81. The van der Waals surface area contributed by atoms with Gasteiger partial charge >= 0.3 is 0 Å². The molecule has 0 aliphatic heterocycles. The lowest BCUT2D eigenvalue weighted by Crippen LogP contribution is -2.16. The second kappa shape index (κ2) is 9.14. The number of anilines is 1. The van der Waals surface area contributed by atoms with Gasteiger partial charge in [-0.1, -0.05) is 58.5 Å². The molecule has 0 aliphatic carbocycles. The summed E-state index contributed by atoms with van der Waals surface area (Å²) in [4.78, 5) is 6.38. The first kappa shape index (κ1) is 21.6. The van der Waals surface area contributed by atoms with Crippen LogP contribution < -0.4 is 4.90 Å². The van der Waals surface area contributed by atoms with Gasteiger partial charge in [0, 0.05) is 41.0 Å². The fourth-order valence-electron chi connectivity index (χ4n) is 2.80. The molecule has 150 valence electrons. The van der Waals surface area contributed by atoms with Gasteiger partial charge in [-0.25, -0.2) is 0 Å². The average Bonchev–Trinajstić information content (AvgIpc) is 2.67. The Morgan fingerprint density at radius 2 is 1.52 bits per heavy atom. The molecular weight excluding hydrogens is 454 g/mol. The predicted molar refractivity (Wildman–Crippen MR) is 122 cm³/mol. The lowest BCUT2D eigenvalue weighted by Gasteiger charge is -2.22. The van der Waals surface area contributed by atoms with Crippen molar-refractivity contribution in [2.24, 2.45) is 4.99 Å². The third kappa shape index (κ3) is 5.09. The van der Waals surface area contributed by atoms with Crippen molar-refractivity contribution < 1.29 is 10.2 Å². The number of para-hydroxylation sites is 2. The molecule has 0 radical (unpaired) electrons. The molecule has 29 heavy (non-hydrogen) atoms. The van der Waals surface area contributed by atoms with Gasteiger partial charge in [0.2, 0.25) is 0 Å². The van der Waals surface area contributed by atoms with Crippen LogP contribution in [0.2, 0.25) is 20.1 Å². The van der Waals surface area contributed by atoms with E-state index in [1.807, 2.05) is 36.2 Å². The highest BCUT2D eigenvalue weighted by Crippen LogP contribution is 2.35. The van der Waals surface area contributed by atoms with E-state index in [-0.39, 0.29) is 21.5 Å². The number of halogens is 4. The summed E-state index contributed by atoms with van der Waals surface area (Å²) in [6, 6.07) is 13.6. The van der Waals surface area contributed by atoms with Crippen LogP contribution in [-0.4, -0.2) is 23.5 Å². The fraction of sp³-hybridized carbons (Fsp3) is 0.0952. The number of hydrogen-bond acceptors (Lipinski definition) is 4. The summed E-state index contributed by atoms with van der Waals surface area (Å²) >= 11 is 24.0. The first-order valence-corrected chi connectivity index (χ1v) is 9.96. The minimum atomic E-state index is -0.0934. The summed E-state index contributed by atoms with van der Waals surface area (Å²) in [5.41, 5.74) is 2.44. The van der Waals surface area contributed by atoms with Gasteiger partial charge in [0.05, 0.1) is 21.4 Å². The van der Waals surface area contributed by atoms with Crippen molar-refractivity contribution in [2.75, 3.05) is 11.9 Å². The number of rotatable bonds is 5. The summed E-state index contributed by atoms with van der Waals surface area (Å²) in [6.07, 6.45) is 1.49.